The van der Waals surface area contributed by atoms with Crippen molar-refractivity contribution in [2.75, 3.05) is 5.32 Å². The maximum Gasteiger partial charge on any atom is 0.305 e. The van der Waals surface area contributed by atoms with Gasteiger partial charge in [0.2, 0.25) is 5.91 Å². The summed E-state index contributed by atoms with van der Waals surface area (Å²) in [7, 11) is 0. The van der Waals surface area contributed by atoms with Gasteiger partial charge in [-0.05, 0) is 19.1 Å². The molecule has 0 aliphatic carbocycles. The SMILES string of the molecule is CC(CC(=O)O)Nc1ccc(C(N)=O)cn1. The minimum atomic E-state index is -0.881. The highest BCUT2D eigenvalue weighted by Gasteiger charge is 2.08. The number of carboxylic acids is 1. The van der Waals surface area contributed by atoms with E-state index in [0.717, 1.165) is 0 Å². The summed E-state index contributed by atoms with van der Waals surface area (Å²) in [6.45, 7) is 1.73. The molecule has 86 valence electrons. The topological polar surface area (TPSA) is 105 Å². The van der Waals surface area contributed by atoms with E-state index in [0.29, 0.717) is 11.4 Å². The van der Waals surface area contributed by atoms with Gasteiger partial charge in [-0.1, -0.05) is 0 Å². The normalized spacial score (nSPS) is 11.8. The van der Waals surface area contributed by atoms with Gasteiger partial charge in [0, 0.05) is 12.2 Å². The standard InChI is InChI=1S/C10H13N3O3/c1-6(4-9(14)15)13-8-3-2-7(5-12-8)10(11)16/h2-3,5-6H,4H2,1H3,(H2,11,16)(H,12,13)(H,14,15). The van der Waals surface area contributed by atoms with Crippen LogP contribution in [0.2, 0.25) is 0 Å². The molecule has 1 rings (SSSR count). The van der Waals surface area contributed by atoms with Gasteiger partial charge in [0.05, 0.1) is 12.0 Å². The number of anilines is 1. The number of aromatic nitrogens is 1. The summed E-state index contributed by atoms with van der Waals surface area (Å²) in [5, 5.41) is 11.5. The predicted molar refractivity (Wildman–Crippen MR) is 58.1 cm³/mol. The number of pyridine rings is 1. The van der Waals surface area contributed by atoms with Gasteiger partial charge in [0.15, 0.2) is 0 Å². The summed E-state index contributed by atoms with van der Waals surface area (Å²) in [6.07, 6.45) is 1.34. The Morgan fingerprint density at radius 3 is 2.69 bits per heavy atom. The second-order valence-corrected chi connectivity index (χ2v) is 3.44. The number of aliphatic carboxylic acids is 1. The van der Waals surface area contributed by atoms with Gasteiger partial charge >= 0.3 is 5.97 Å². The Morgan fingerprint density at radius 2 is 2.25 bits per heavy atom. The number of amides is 1. The molecular weight excluding hydrogens is 210 g/mol. The fraction of sp³-hybridized carbons (Fsp3) is 0.300. The lowest BCUT2D eigenvalue weighted by Crippen LogP contribution is -2.20. The van der Waals surface area contributed by atoms with E-state index in [9.17, 15) is 9.59 Å². The molecule has 0 aliphatic heterocycles. The van der Waals surface area contributed by atoms with Gasteiger partial charge < -0.3 is 16.2 Å². The van der Waals surface area contributed by atoms with Crippen LogP contribution in [-0.4, -0.2) is 28.0 Å². The van der Waals surface area contributed by atoms with Gasteiger partial charge in [-0.25, -0.2) is 4.98 Å². The van der Waals surface area contributed by atoms with Crippen molar-refractivity contribution in [3.05, 3.63) is 23.9 Å². The van der Waals surface area contributed by atoms with Crippen molar-refractivity contribution >= 4 is 17.7 Å². The minimum absolute atomic E-state index is 0.000743. The van der Waals surface area contributed by atoms with Crippen LogP contribution in [0.15, 0.2) is 18.3 Å². The first-order valence-electron chi connectivity index (χ1n) is 4.73. The predicted octanol–water partition coefficient (Wildman–Crippen LogP) is 0.456. The van der Waals surface area contributed by atoms with Gasteiger partial charge in [-0.2, -0.15) is 0 Å². The first kappa shape index (κ1) is 12.0. The molecule has 0 aromatic carbocycles. The largest absolute Gasteiger partial charge is 0.481 e. The summed E-state index contributed by atoms with van der Waals surface area (Å²) < 4.78 is 0. The quantitative estimate of drug-likeness (QED) is 0.672. The van der Waals surface area contributed by atoms with Crippen LogP contribution in [0, 0.1) is 0 Å². The monoisotopic (exact) mass is 223 g/mol. The number of hydrogen-bond acceptors (Lipinski definition) is 4. The number of carbonyl (C=O) groups excluding carboxylic acids is 1. The van der Waals surface area contributed by atoms with E-state index in [1.54, 1.807) is 13.0 Å². The zero-order valence-electron chi connectivity index (χ0n) is 8.80. The van der Waals surface area contributed by atoms with Crippen LogP contribution in [-0.2, 0) is 4.79 Å². The fourth-order valence-electron chi connectivity index (χ4n) is 1.19. The number of hydrogen-bond donors (Lipinski definition) is 3. The molecule has 6 heteroatoms. The van der Waals surface area contributed by atoms with E-state index >= 15 is 0 Å². The highest BCUT2D eigenvalue weighted by Crippen LogP contribution is 2.07. The molecule has 1 aromatic heterocycles. The Balaban J connectivity index is 2.61. The number of nitrogens with zero attached hydrogens (tertiary/aromatic N) is 1. The number of carbonyl (C=O) groups is 2. The zero-order valence-corrected chi connectivity index (χ0v) is 8.80. The van der Waals surface area contributed by atoms with E-state index in [2.05, 4.69) is 10.3 Å². The van der Waals surface area contributed by atoms with Crippen LogP contribution >= 0.6 is 0 Å². The van der Waals surface area contributed by atoms with E-state index in [1.807, 2.05) is 0 Å². The smallest absolute Gasteiger partial charge is 0.305 e. The molecular formula is C10H13N3O3. The van der Waals surface area contributed by atoms with Crippen molar-refractivity contribution in [2.45, 2.75) is 19.4 Å². The molecule has 0 aliphatic rings. The summed E-state index contributed by atoms with van der Waals surface area (Å²) in [4.78, 5) is 25.1. The molecule has 0 saturated carbocycles. The Labute approximate surface area is 92.5 Å². The highest BCUT2D eigenvalue weighted by molar-refractivity contribution is 5.92. The summed E-state index contributed by atoms with van der Waals surface area (Å²) in [5.74, 6) is -0.912. The number of primary amides is 1. The van der Waals surface area contributed by atoms with Crippen LogP contribution in [0.4, 0.5) is 5.82 Å². The molecule has 1 heterocycles. The van der Waals surface area contributed by atoms with Crippen molar-refractivity contribution < 1.29 is 14.7 Å². The Morgan fingerprint density at radius 1 is 1.56 bits per heavy atom. The van der Waals surface area contributed by atoms with Crippen LogP contribution in [0.3, 0.4) is 0 Å². The molecule has 0 radical (unpaired) electrons. The summed E-state index contributed by atoms with van der Waals surface area (Å²) in [6, 6.07) is 2.88. The zero-order chi connectivity index (χ0) is 12.1. The second kappa shape index (κ2) is 5.11. The minimum Gasteiger partial charge on any atom is -0.481 e. The van der Waals surface area contributed by atoms with Gasteiger partial charge in [0.25, 0.3) is 0 Å². The number of rotatable bonds is 5. The molecule has 16 heavy (non-hydrogen) atoms. The van der Waals surface area contributed by atoms with Crippen molar-refractivity contribution in [1.29, 1.82) is 0 Å². The number of carboxylic acid groups (broad SMARTS) is 1. The molecule has 0 fully saturated rings. The van der Waals surface area contributed by atoms with Crippen molar-refractivity contribution in [1.82, 2.24) is 4.98 Å². The van der Waals surface area contributed by atoms with Gasteiger partial charge in [-0.3, -0.25) is 9.59 Å². The number of nitrogens with two attached hydrogens (primary N) is 1. The average Bonchev–Trinajstić information content (AvgIpc) is 2.16. The molecule has 4 N–H and O–H groups in total. The average molecular weight is 223 g/mol. The van der Waals surface area contributed by atoms with Gasteiger partial charge in [0.1, 0.15) is 5.82 Å². The Hall–Kier alpha value is -2.11. The second-order valence-electron chi connectivity index (χ2n) is 3.44. The number of nitrogens with one attached hydrogen (secondary N) is 1. The molecule has 1 atom stereocenters. The van der Waals surface area contributed by atoms with Crippen LogP contribution in [0.1, 0.15) is 23.7 Å². The van der Waals surface area contributed by atoms with E-state index in [1.165, 1.54) is 12.3 Å². The van der Waals surface area contributed by atoms with Crippen molar-refractivity contribution in [3.63, 3.8) is 0 Å². The molecule has 0 saturated heterocycles. The maximum absolute atomic E-state index is 10.8. The third-order valence-electron chi connectivity index (χ3n) is 1.92. The molecule has 6 nitrogen and oxygen atoms in total. The van der Waals surface area contributed by atoms with Gasteiger partial charge in [-0.15, -0.1) is 0 Å². The third-order valence-corrected chi connectivity index (χ3v) is 1.92. The molecule has 0 spiro atoms. The Bertz CT molecular complexity index is 389. The first-order chi connectivity index (χ1) is 7.49. The van der Waals surface area contributed by atoms with Crippen LogP contribution in [0.25, 0.3) is 0 Å². The van der Waals surface area contributed by atoms with E-state index in [-0.39, 0.29) is 12.5 Å². The van der Waals surface area contributed by atoms with Crippen molar-refractivity contribution in [3.8, 4) is 0 Å². The highest BCUT2D eigenvalue weighted by atomic mass is 16.4. The lowest BCUT2D eigenvalue weighted by Gasteiger charge is -2.11. The molecule has 1 unspecified atom stereocenters. The third kappa shape index (κ3) is 3.56. The maximum atomic E-state index is 10.8. The molecule has 1 amide bonds. The van der Waals surface area contributed by atoms with Crippen LogP contribution < -0.4 is 11.1 Å². The Kier molecular flexibility index (Phi) is 3.82. The van der Waals surface area contributed by atoms with Crippen molar-refractivity contribution in [2.24, 2.45) is 5.73 Å². The summed E-state index contributed by atoms with van der Waals surface area (Å²) in [5.41, 5.74) is 5.37. The lowest BCUT2D eigenvalue weighted by molar-refractivity contribution is -0.137. The molecule has 1 aromatic rings. The van der Waals surface area contributed by atoms with E-state index in [4.69, 9.17) is 10.8 Å². The lowest BCUT2D eigenvalue weighted by atomic mass is 10.2. The van der Waals surface area contributed by atoms with Crippen LogP contribution in [0.5, 0.6) is 0 Å². The first-order valence-corrected chi connectivity index (χ1v) is 4.73. The van der Waals surface area contributed by atoms with E-state index < -0.39 is 11.9 Å². The summed E-state index contributed by atoms with van der Waals surface area (Å²) >= 11 is 0. The molecule has 0 bridgehead atoms. The fourth-order valence-corrected chi connectivity index (χ4v) is 1.19.